The van der Waals surface area contributed by atoms with E-state index in [0.717, 1.165) is 17.1 Å². The van der Waals surface area contributed by atoms with Crippen LogP contribution in [0.1, 0.15) is 26.3 Å². The minimum atomic E-state index is -0.807. The molecule has 5 heterocycles. The van der Waals surface area contributed by atoms with E-state index >= 15 is 0 Å². The van der Waals surface area contributed by atoms with Gasteiger partial charge in [-0.1, -0.05) is 0 Å². The van der Waals surface area contributed by atoms with Gasteiger partial charge in [0, 0.05) is 31.0 Å². The fourth-order valence-corrected chi connectivity index (χ4v) is 4.22. The van der Waals surface area contributed by atoms with E-state index in [9.17, 15) is 9.90 Å². The largest absolute Gasteiger partial charge is 0.491 e. The van der Waals surface area contributed by atoms with Gasteiger partial charge in [-0.15, -0.1) is 0 Å². The lowest BCUT2D eigenvalue weighted by atomic mass is 10.1. The molecule has 0 aromatic carbocycles. The van der Waals surface area contributed by atoms with Crippen molar-refractivity contribution in [3.63, 3.8) is 0 Å². The molecular weight excluding hydrogens is 400 g/mol. The molecule has 162 valence electrons. The molecule has 3 N–H and O–H groups in total. The number of aliphatic hydroxyl groups excluding tert-OH is 1. The fourth-order valence-electron chi connectivity index (χ4n) is 4.22. The van der Waals surface area contributed by atoms with Crippen molar-refractivity contribution in [1.82, 2.24) is 29.3 Å². The molecule has 0 spiro atoms. The molecule has 0 saturated carbocycles. The van der Waals surface area contributed by atoms with Crippen LogP contribution >= 0.6 is 0 Å². The number of rotatable bonds is 4. The number of nitrogens with zero attached hydrogens (tertiary/aromatic N) is 7. The number of fused-ring (bicyclic) bond motifs is 3. The number of ether oxygens (including phenoxy) is 1. The summed E-state index contributed by atoms with van der Waals surface area (Å²) in [6.45, 7) is 5.65. The quantitative estimate of drug-likeness (QED) is 0.621. The Bertz CT molecular complexity index is 1140. The lowest BCUT2D eigenvalue weighted by Gasteiger charge is -2.25. The maximum absolute atomic E-state index is 11.8. The van der Waals surface area contributed by atoms with Crippen LogP contribution in [0.15, 0.2) is 24.8 Å². The van der Waals surface area contributed by atoms with E-state index in [4.69, 9.17) is 15.5 Å². The van der Waals surface area contributed by atoms with Gasteiger partial charge in [-0.3, -0.25) is 4.79 Å². The number of primary amides is 1. The van der Waals surface area contributed by atoms with Crippen LogP contribution in [-0.2, 0) is 11.3 Å². The van der Waals surface area contributed by atoms with Crippen LogP contribution in [0.4, 0.5) is 5.82 Å². The molecule has 2 aliphatic rings. The van der Waals surface area contributed by atoms with Gasteiger partial charge in [-0.25, -0.2) is 19.6 Å². The molecular formula is C20H24N8O3. The summed E-state index contributed by atoms with van der Waals surface area (Å²) >= 11 is 0. The molecule has 11 nitrogen and oxygen atoms in total. The summed E-state index contributed by atoms with van der Waals surface area (Å²) in [4.78, 5) is 27.3. The Morgan fingerprint density at radius 3 is 2.90 bits per heavy atom. The number of carbonyl (C=O) groups excluding carboxylic acids is 1. The molecule has 0 aliphatic carbocycles. The number of hydrogen-bond acceptors (Lipinski definition) is 8. The Kier molecular flexibility index (Phi) is 4.62. The molecule has 3 aromatic rings. The standard InChI is InChI=1S/C20H24N8O3/c1-11(2)28-20(23-10-24-28)13-9-26-5-6-31-15-7-16(22-8-12(15)19(26)25-13)27-4-3-14(29)17(27)18(21)30/h7-11,14,17,29H,3-6H2,1-2H3,(H2,21,30)/t14-,17-/m0/s1. The van der Waals surface area contributed by atoms with Crippen LogP contribution in [0.3, 0.4) is 0 Å². The highest BCUT2D eigenvalue weighted by atomic mass is 16.5. The third-order valence-corrected chi connectivity index (χ3v) is 5.70. The molecule has 1 saturated heterocycles. The number of carbonyl (C=O) groups is 1. The average Bonchev–Trinajstić information content (AvgIpc) is 3.44. The number of imidazole rings is 1. The molecule has 3 aromatic heterocycles. The lowest BCUT2D eigenvalue weighted by Crippen LogP contribution is -2.46. The van der Waals surface area contributed by atoms with E-state index in [-0.39, 0.29) is 6.04 Å². The summed E-state index contributed by atoms with van der Waals surface area (Å²) in [5.74, 6) is 2.03. The monoisotopic (exact) mass is 424 g/mol. The molecule has 5 rings (SSSR count). The van der Waals surface area contributed by atoms with Crippen molar-refractivity contribution in [2.24, 2.45) is 5.73 Å². The molecule has 2 atom stereocenters. The van der Waals surface area contributed by atoms with Gasteiger partial charge < -0.3 is 25.0 Å². The number of aromatic nitrogens is 6. The molecule has 11 heteroatoms. The Morgan fingerprint density at radius 2 is 2.13 bits per heavy atom. The molecule has 31 heavy (non-hydrogen) atoms. The highest BCUT2D eigenvalue weighted by molar-refractivity contribution is 5.85. The van der Waals surface area contributed by atoms with Crippen LogP contribution in [0, 0.1) is 0 Å². The van der Waals surface area contributed by atoms with E-state index in [0.29, 0.717) is 43.5 Å². The van der Waals surface area contributed by atoms with E-state index in [2.05, 4.69) is 15.1 Å². The van der Waals surface area contributed by atoms with Crippen molar-refractivity contribution in [2.75, 3.05) is 18.1 Å². The van der Waals surface area contributed by atoms with Crippen LogP contribution in [-0.4, -0.2) is 65.6 Å². The summed E-state index contributed by atoms with van der Waals surface area (Å²) in [6, 6.07) is 1.14. The molecule has 0 unspecified atom stereocenters. The smallest absolute Gasteiger partial charge is 0.242 e. The highest BCUT2D eigenvalue weighted by Gasteiger charge is 2.38. The summed E-state index contributed by atoms with van der Waals surface area (Å²) in [5.41, 5.74) is 6.98. The first-order valence-corrected chi connectivity index (χ1v) is 10.3. The Morgan fingerprint density at radius 1 is 1.29 bits per heavy atom. The SMILES string of the molecule is CC(C)n1ncnc1-c1cn2c(n1)-c1cnc(N3CC[C@H](O)[C@H]3C(N)=O)cc1OCC2. The van der Waals surface area contributed by atoms with Gasteiger partial charge >= 0.3 is 0 Å². The molecule has 1 fully saturated rings. The number of nitrogens with two attached hydrogens (primary N) is 1. The first-order valence-electron chi connectivity index (χ1n) is 10.3. The lowest BCUT2D eigenvalue weighted by molar-refractivity contribution is -0.120. The zero-order valence-electron chi connectivity index (χ0n) is 17.3. The second-order valence-electron chi connectivity index (χ2n) is 8.05. The highest BCUT2D eigenvalue weighted by Crippen LogP contribution is 2.36. The maximum atomic E-state index is 11.8. The van der Waals surface area contributed by atoms with Crippen molar-refractivity contribution >= 4 is 11.7 Å². The minimum Gasteiger partial charge on any atom is -0.491 e. The van der Waals surface area contributed by atoms with Crippen LogP contribution in [0.5, 0.6) is 5.75 Å². The second-order valence-corrected chi connectivity index (χ2v) is 8.05. The van der Waals surface area contributed by atoms with Gasteiger partial charge in [0.2, 0.25) is 5.91 Å². The molecule has 0 radical (unpaired) electrons. The first kappa shape index (κ1) is 19.5. The van der Waals surface area contributed by atoms with Crippen molar-refractivity contribution in [3.05, 3.63) is 24.8 Å². The fraction of sp³-hybridized carbons (Fsp3) is 0.450. The van der Waals surface area contributed by atoms with E-state index in [1.165, 1.54) is 6.33 Å². The number of hydrogen-bond donors (Lipinski definition) is 2. The zero-order valence-corrected chi connectivity index (χ0v) is 17.3. The Balaban J connectivity index is 1.54. The Labute approximate surface area is 178 Å². The summed E-state index contributed by atoms with van der Waals surface area (Å²) in [5, 5.41) is 14.4. The molecule has 2 aliphatic heterocycles. The van der Waals surface area contributed by atoms with E-state index in [1.807, 2.05) is 29.3 Å². The number of aliphatic hydroxyl groups is 1. The van der Waals surface area contributed by atoms with Crippen molar-refractivity contribution in [1.29, 1.82) is 0 Å². The van der Waals surface area contributed by atoms with Gasteiger partial charge in [0.25, 0.3) is 0 Å². The van der Waals surface area contributed by atoms with Crippen LogP contribution < -0.4 is 15.4 Å². The van der Waals surface area contributed by atoms with Gasteiger partial charge in [0.1, 0.15) is 42.1 Å². The summed E-state index contributed by atoms with van der Waals surface area (Å²) in [7, 11) is 0. The molecule has 1 amide bonds. The first-order chi connectivity index (χ1) is 14.9. The molecule has 0 bridgehead atoms. The van der Waals surface area contributed by atoms with Crippen LogP contribution in [0.25, 0.3) is 22.9 Å². The third kappa shape index (κ3) is 3.21. The number of anilines is 1. The third-order valence-electron chi connectivity index (χ3n) is 5.70. The predicted molar refractivity (Wildman–Crippen MR) is 111 cm³/mol. The van der Waals surface area contributed by atoms with Crippen molar-refractivity contribution < 1.29 is 14.6 Å². The summed E-state index contributed by atoms with van der Waals surface area (Å²) < 4.78 is 9.82. The van der Waals surface area contributed by atoms with E-state index in [1.54, 1.807) is 17.2 Å². The van der Waals surface area contributed by atoms with Crippen LogP contribution in [0.2, 0.25) is 0 Å². The Hall–Kier alpha value is -3.47. The average molecular weight is 424 g/mol. The summed E-state index contributed by atoms with van der Waals surface area (Å²) in [6.07, 6.45) is 4.82. The normalized spacial score (nSPS) is 20.3. The van der Waals surface area contributed by atoms with Crippen molar-refractivity contribution in [2.45, 2.75) is 45.0 Å². The van der Waals surface area contributed by atoms with Gasteiger partial charge in [0.15, 0.2) is 5.82 Å². The maximum Gasteiger partial charge on any atom is 0.242 e. The second kappa shape index (κ2) is 7.34. The zero-order chi connectivity index (χ0) is 21.7. The van der Waals surface area contributed by atoms with Gasteiger partial charge in [-0.05, 0) is 20.3 Å². The minimum absolute atomic E-state index is 0.160. The topological polar surface area (TPSA) is 137 Å². The van der Waals surface area contributed by atoms with Gasteiger partial charge in [-0.2, -0.15) is 5.10 Å². The van der Waals surface area contributed by atoms with Gasteiger partial charge in [0.05, 0.1) is 18.2 Å². The number of pyridine rings is 1. The number of amides is 1. The van der Waals surface area contributed by atoms with E-state index < -0.39 is 18.1 Å². The predicted octanol–water partition coefficient (Wildman–Crippen LogP) is 0.602. The van der Waals surface area contributed by atoms with Crippen molar-refractivity contribution in [3.8, 4) is 28.7 Å².